The second-order valence-corrected chi connectivity index (χ2v) is 7.18. The van der Waals surface area contributed by atoms with Crippen LogP contribution in [0.4, 0.5) is 4.79 Å². The van der Waals surface area contributed by atoms with Gasteiger partial charge >= 0.3 is 6.03 Å². The summed E-state index contributed by atoms with van der Waals surface area (Å²) in [5, 5.41) is 11.1. The molecule has 24 heavy (non-hydrogen) atoms. The van der Waals surface area contributed by atoms with Crippen LogP contribution in [0.2, 0.25) is 5.02 Å². The van der Waals surface area contributed by atoms with Crippen LogP contribution in [0.3, 0.4) is 0 Å². The maximum atomic E-state index is 11.7. The van der Waals surface area contributed by atoms with Crippen molar-refractivity contribution in [3.63, 3.8) is 0 Å². The summed E-state index contributed by atoms with van der Waals surface area (Å²) in [7, 11) is -3.70. The molecule has 0 aliphatic carbocycles. The topological polar surface area (TPSA) is 101 Å². The normalized spacial score (nSPS) is 11.1. The highest BCUT2D eigenvalue weighted by Gasteiger charge is 2.07. The first-order valence-electron chi connectivity index (χ1n) is 7.22. The number of rotatable bonds is 6. The van der Waals surface area contributed by atoms with E-state index in [1.165, 1.54) is 12.1 Å². The number of carbonyl (C=O) groups excluding carboxylic acids is 1. The quantitative estimate of drug-likeness (QED) is 0.728. The Hall–Kier alpha value is -2.09. The average Bonchev–Trinajstić information content (AvgIpc) is 2.52. The molecule has 0 aliphatic heterocycles. The van der Waals surface area contributed by atoms with Crippen molar-refractivity contribution in [3.8, 4) is 0 Å². The van der Waals surface area contributed by atoms with E-state index in [1.54, 1.807) is 18.2 Å². The molecule has 0 radical (unpaired) electrons. The molecule has 8 heteroatoms. The number of primary sulfonamides is 1. The second kappa shape index (κ2) is 8.14. The minimum Gasteiger partial charge on any atom is -0.338 e. The van der Waals surface area contributed by atoms with Crippen molar-refractivity contribution in [2.75, 3.05) is 6.54 Å². The SMILES string of the molecule is NS(=O)(=O)c1ccc(CNC(=O)NCCc2cccc(Cl)c2)cc1. The third kappa shape index (κ3) is 5.84. The van der Waals surface area contributed by atoms with Crippen molar-refractivity contribution in [1.82, 2.24) is 10.6 Å². The molecule has 128 valence electrons. The summed E-state index contributed by atoms with van der Waals surface area (Å²) in [5.41, 5.74) is 1.81. The van der Waals surface area contributed by atoms with Gasteiger partial charge in [0.25, 0.3) is 0 Å². The van der Waals surface area contributed by atoms with Crippen molar-refractivity contribution in [2.24, 2.45) is 5.14 Å². The second-order valence-electron chi connectivity index (χ2n) is 5.18. The number of benzene rings is 2. The van der Waals surface area contributed by atoms with Gasteiger partial charge in [0.05, 0.1) is 4.90 Å². The van der Waals surface area contributed by atoms with Crippen LogP contribution in [-0.2, 0) is 23.0 Å². The molecular formula is C16H18ClN3O3S. The fraction of sp³-hybridized carbons (Fsp3) is 0.188. The number of hydrogen-bond donors (Lipinski definition) is 3. The van der Waals surface area contributed by atoms with Gasteiger partial charge in [-0.2, -0.15) is 0 Å². The molecule has 4 N–H and O–H groups in total. The van der Waals surface area contributed by atoms with E-state index in [1.807, 2.05) is 18.2 Å². The lowest BCUT2D eigenvalue weighted by Crippen LogP contribution is -2.36. The number of urea groups is 1. The Morgan fingerprint density at radius 1 is 1.04 bits per heavy atom. The third-order valence-electron chi connectivity index (χ3n) is 3.29. The van der Waals surface area contributed by atoms with E-state index in [4.69, 9.17) is 16.7 Å². The summed E-state index contributed by atoms with van der Waals surface area (Å²) in [6.07, 6.45) is 0.678. The summed E-state index contributed by atoms with van der Waals surface area (Å²) < 4.78 is 22.3. The zero-order valence-corrected chi connectivity index (χ0v) is 14.4. The largest absolute Gasteiger partial charge is 0.338 e. The highest BCUT2D eigenvalue weighted by molar-refractivity contribution is 7.89. The number of halogens is 1. The van der Waals surface area contributed by atoms with Gasteiger partial charge in [-0.1, -0.05) is 35.9 Å². The van der Waals surface area contributed by atoms with Gasteiger partial charge in [-0.25, -0.2) is 18.4 Å². The minimum absolute atomic E-state index is 0.0391. The van der Waals surface area contributed by atoms with Gasteiger partial charge in [0.15, 0.2) is 0 Å². The van der Waals surface area contributed by atoms with E-state index in [0.717, 1.165) is 11.1 Å². The molecule has 2 aromatic carbocycles. The lowest BCUT2D eigenvalue weighted by molar-refractivity contribution is 0.240. The zero-order chi connectivity index (χ0) is 17.6. The van der Waals surface area contributed by atoms with Crippen LogP contribution in [-0.4, -0.2) is 21.0 Å². The lowest BCUT2D eigenvalue weighted by Gasteiger charge is -2.08. The summed E-state index contributed by atoms with van der Waals surface area (Å²) in [5.74, 6) is 0. The van der Waals surface area contributed by atoms with E-state index >= 15 is 0 Å². The van der Waals surface area contributed by atoms with Crippen molar-refractivity contribution in [1.29, 1.82) is 0 Å². The molecule has 0 saturated heterocycles. The van der Waals surface area contributed by atoms with Gasteiger partial charge in [-0.15, -0.1) is 0 Å². The molecule has 2 aromatic rings. The maximum absolute atomic E-state index is 11.7. The van der Waals surface area contributed by atoms with Crippen molar-refractivity contribution >= 4 is 27.7 Å². The van der Waals surface area contributed by atoms with Crippen molar-refractivity contribution in [3.05, 3.63) is 64.7 Å². The van der Waals surface area contributed by atoms with Crippen LogP contribution < -0.4 is 15.8 Å². The van der Waals surface area contributed by atoms with Gasteiger partial charge in [0.2, 0.25) is 10.0 Å². The molecule has 0 heterocycles. The van der Waals surface area contributed by atoms with Crippen molar-refractivity contribution in [2.45, 2.75) is 17.9 Å². The summed E-state index contributed by atoms with van der Waals surface area (Å²) in [6.45, 7) is 0.768. The van der Waals surface area contributed by atoms with E-state index in [0.29, 0.717) is 18.0 Å². The molecule has 0 aromatic heterocycles. The van der Waals surface area contributed by atoms with Crippen LogP contribution in [0.25, 0.3) is 0 Å². The number of sulfonamides is 1. The van der Waals surface area contributed by atoms with E-state index < -0.39 is 10.0 Å². The zero-order valence-electron chi connectivity index (χ0n) is 12.8. The monoisotopic (exact) mass is 367 g/mol. The molecular weight excluding hydrogens is 350 g/mol. The van der Waals surface area contributed by atoms with E-state index in [-0.39, 0.29) is 17.5 Å². The molecule has 0 unspecified atom stereocenters. The molecule has 0 saturated carbocycles. The Bertz CT molecular complexity index is 808. The Labute approximate surface area is 146 Å². The predicted molar refractivity (Wildman–Crippen MR) is 93.2 cm³/mol. The first-order valence-corrected chi connectivity index (χ1v) is 9.15. The van der Waals surface area contributed by atoms with E-state index in [9.17, 15) is 13.2 Å². The Kier molecular flexibility index (Phi) is 6.19. The molecule has 2 rings (SSSR count). The maximum Gasteiger partial charge on any atom is 0.315 e. The van der Waals surface area contributed by atoms with Gasteiger partial charge < -0.3 is 10.6 Å². The van der Waals surface area contributed by atoms with Gasteiger partial charge in [0.1, 0.15) is 0 Å². The smallest absolute Gasteiger partial charge is 0.315 e. The molecule has 0 fully saturated rings. The summed E-state index contributed by atoms with van der Waals surface area (Å²) >= 11 is 5.90. The van der Waals surface area contributed by atoms with Crippen LogP contribution >= 0.6 is 11.6 Å². The fourth-order valence-electron chi connectivity index (χ4n) is 2.05. The van der Waals surface area contributed by atoms with Crippen LogP contribution in [0.5, 0.6) is 0 Å². The minimum atomic E-state index is -3.70. The number of hydrogen-bond acceptors (Lipinski definition) is 3. The predicted octanol–water partition coefficient (Wildman–Crippen LogP) is 2.03. The summed E-state index contributed by atoms with van der Waals surface area (Å²) in [6, 6.07) is 13.2. The van der Waals surface area contributed by atoms with Gasteiger partial charge in [-0.3, -0.25) is 0 Å². The number of nitrogens with one attached hydrogen (secondary N) is 2. The van der Waals surface area contributed by atoms with Crippen LogP contribution in [0, 0.1) is 0 Å². The molecule has 0 aliphatic rings. The number of amides is 2. The molecule has 6 nitrogen and oxygen atoms in total. The number of nitrogens with two attached hydrogens (primary N) is 1. The van der Waals surface area contributed by atoms with E-state index in [2.05, 4.69) is 10.6 Å². The first-order chi connectivity index (χ1) is 11.3. The highest BCUT2D eigenvalue weighted by Crippen LogP contribution is 2.11. The van der Waals surface area contributed by atoms with Gasteiger partial charge in [0, 0.05) is 18.1 Å². The standard InChI is InChI=1S/C16H18ClN3O3S/c17-14-3-1-2-12(10-14)8-9-19-16(21)20-11-13-4-6-15(7-5-13)24(18,22)23/h1-7,10H,8-9,11H2,(H2,18,22,23)(H2,19,20,21). The Morgan fingerprint density at radius 2 is 1.75 bits per heavy atom. The first kappa shape index (κ1) is 18.3. The van der Waals surface area contributed by atoms with Crippen molar-refractivity contribution < 1.29 is 13.2 Å². The van der Waals surface area contributed by atoms with Gasteiger partial charge in [-0.05, 0) is 41.8 Å². The molecule has 2 amide bonds. The Morgan fingerprint density at radius 3 is 2.38 bits per heavy atom. The number of carbonyl (C=O) groups is 1. The third-order valence-corrected chi connectivity index (χ3v) is 4.46. The summed E-state index contributed by atoms with van der Waals surface area (Å²) in [4.78, 5) is 11.8. The fourth-order valence-corrected chi connectivity index (χ4v) is 2.78. The molecule has 0 bridgehead atoms. The molecule has 0 spiro atoms. The highest BCUT2D eigenvalue weighted by atomic mass is 35.5. The van der Waals surface area contributed by atoms with Crippen LogP contribution in [0.15, 0.2) is 53.4 Å². The average molecular weight is 368 g/mol. The Balaban J connectivity index is 1.75. The lowest BCUT2D eigenvalue weighted by atomic mass is 10.1. The van der Waals surface area contributed by atoms with Crippen LogP contribution in [0.1, 0.15) is 11.1 Å². The molecule has 0 atom stereocenters.